The second kappa shape index (κ2) is 6.04. The number of rotatable bonds is 5. The van der Waals surface area contributed by atoms with Gasteiger partial charge in [-0.25, -0.2) is 0 Å². The lowest BCUT2D eigenvalue weighted by molar-refractivity contribution is -0.142. The van der Waals surface area contributed by atoms with Crippen molar-refractivity contribution < 1.29 is 9.53 Å². The third-order valence-corrected chi connectivity index (χ3v) is 3.78. The molecule has 0 fully saturated rings. The molecule has 0 saturated carbocycles. The van der Waals surface area contributed by atoms with Gasteiger partial charge in [-0.3, -0.25) is 4.79 Å². The summed E-state index contributed by atoms with van der Waals surface area (Å²) in [5.41, 5.74) is 0. The van der Waals surface area contributed by atoms with Crippen LogP contribution in [0.15, 0.2) is 4.34 Å². The Hall–Kier alpha value is -0.660. The maximum Gasteiger partial charge on any atom is 0.323 e. The van der Waals surface area contributed by atoms with Gasteiger partial charge in [0.25, 0.3) is 0 Å². The van der Waals surface area contributed by atoms with Crippen LogP contribution in [0.4, 0.5) is 0 Å². The molecule has 0 spiro atoms. The van der Waals surface area contributed by atoms with Crippen LogP contribution in [-0.2, 0) is 9.53 Å². The van der Waals surface area contributed by atoms with Crippen LogP contribution in [0.3, 0.4) is 0 Å². The highest BCUT2D eigenvalue weighted by molar-refractivity contribution is 8.01. The van der Waals surface area contributed by atoms with Crippen LogP contribution in [-0.4, -0.2) is 42.1 Å². The molecule has 1 aromatic rings. The van der Waals surface area contributed by atoms with Gasteiger partial charge in [0.1, 0.15) is 11.0 Å². The Morgan fingerprint density at radius 2 is 2.40 bits per heavy atom. The molecule has 0 aliphatic rings. The van der Waals surface area contributed by atoms with Crippen molar-refractivity contribution in [2.75, 3.05) is 19.9 Å². The molecular weight excluding hydrogens is 234 g/mol. The van der Waals surface area contributed by atoms with E-state index >= 15 is 0 Å². The van der Waals surface area contributed by atoms with Crippen LogP contribution in [0.5, 0.6) is 0 Å². The second-order valence-electron chi connectivity index (χ2n) is 2.76. The maximum absolute atomic E-state index is 11.2. The highest BCUT2D eigenvalue weighted by Gasteiger charge is 2.17. The summed E-state index contributed by atoms with van der Waals surface area (Å²) in [5.74, 6) is 0.337. The number of carbonyl (C=O) groups excluding carboxylic acids is 1. The Bertz CT molecular complexity index is 329. The molecule has 1 heterocycles. The van der Waals surface area contributed by atoms with Crippen molar-refractivity contribution in [3.63, 3.8) is 0 Å². The summed E-state index contributed by atoms with van der Waals surface area (Å²) in [6, 6.07) is -0.302. The molecule has 84 valence electrons. The fourth-order valence-electron chi connectivity index (χ4n) is 0.903. The van der Waals surface area contributed by atoms with Crippen LogP contribution < -0.4 is 5.32 Å². The van der Waals surface area contributed by atoms with Crippen molar-refractivity contribution in [2.45, 2.75) is 17.3 Å². The van der Waals surface area contributed by atoms with E-state index in [1.165, 1.54) is 30.2 Å². The van der Waals surface area contributed by atoms with Gasteiger partial charge in [0.2, 0.25) is 0 Å². The normalized spacial score (nSPS) is 12.5. The molecule has 5 nitrogen and oxygen atoms in total. The number of thioether (sulfide) groups is 1. The summed E-state index contributed by atoms with van der Waals surface area (Å²) in [5, 5.41) is 11.7. The largest absolute Gasteiger partial charge is 0.468 e. The zero-order valence-corrected chi connectivity index (χ0v) is 10.4. The summed E-state index contributed by atoms with van der Waals surface area (Å²) in [4.78, 5) is 11.2. The number of aromatic nitrogens is 2. The van der Waals surface area contributed by atoms with Crippen molar-refractivity contribution in [1.82, 2.24) is 15.5 Å². The molecule has 0 aliphatic heterocycles. The van der Waals surface area contributed by atoms with Crippen molar-refractivity contribution in [3.05, 3.63) is 5.01 Å². The number of hydrogen-bond donors (Lipinski definition) is 1. The van der Waals surface area contributed by atoms with Gasteiger partial charge >= 0.3 is 5.97 Å². The highest BCUT2D eigenvalue weighted by atomic mass is 32.2. The first-order valence-electron chi connectivity index (χ1n) is 4.35. The van der Waals surface area contributed by atoms with Gasteiger partial charge in [-0.1, -0.05) is 23.1 Å². The number of nitrogens with one attached hydrogen (secondary N) is 1. The Labute approximate surface area is 96.6 Å². The van der Waals surface area contributed by atoms with Crippen molar-refractivity contribution in [2.24, 2.45) is 0 Å². The average Bonchev–Trinajstić information content (AvgIpc) is 2.64. The number of hydrogen-bond acceptors (Lipinski definition) is 7. The van der Waals surface area contributed by atoms with E-state index in [1.54, 1.807) is 7.05 Å². The zero-order chi connectivity index (χ0) is 11.3. The summed E-state index contributed by atoms with van der Waals surface area (Å²) in [6.45, 7) is 1.90. The van der Waals surface area contributed by atoms with E-state index in [0.29, 0.717) is 5.75 Å². The third-order valence-electron chi connectivity index (χ3n) is 1.72. The third kappa shape index (κ3) is 3.77. The predicted molar refractivity (Wildman–Crippen MR) is 60.2 cm³/mol. The molecule has 0 amide bonds. The quantitative estimate of drug-likeness (QED) is 0.610. The molecule has 1 aromatic heterocycles. The number of methoxy groups -OCH3 is 1. The molecule has 1 atom stereocenters. The monoisotopic (exact) mass is 247 g/mol. The number of esters is 1. The lowest BCUT2D eigenvalue weighted by Crippen LogP contribution is -2.37. The van der Waals surface area contributed by atoms with Gasteiger partial charge in [-0.2, -0.15) is 0 Å². The fourth-order valence-corrected chi connectivity index (χ4v) is 2.83. The first-order chi connectivity index (χ1) is 7.17. The van der Waals surface area contributed by atoms with E-state index in [1.807, 2.05) is 6.92 Å². The van der Waals surface area contributed by atoms with Crippen LogP contribution in [0.25, 0.3) is 0 Å². The Balaban J connectivity index is 2.44. The standard InChI is InChI=1S/C8H13N3O2S2/c1-5-10-11-8(15-5)14-4-6(9-2)7(12)13-3/h6,9H,4H2,1-3H3. The van der Waals surface area contributed by atoms with E-state index in [-0.39, 0.29) is 12.0 Å². The molecular formula is C8H13N3O2S2. The summed E-state index contributed by atoms with van der Waals surface area (Å²) >= 11 is 3.02. The highest BCUT2D eigenvalue weighted by Crippen LogP contribution is 2.22. The lowest BCUT2D eigenvalue weighted by atomic mass is 10.3. The minimum absolute atomic E-state index is 0.258. The van der Waals surface area contributed by atoms with Gasteiger partial charge in [0, 0.05) is 5.75 Å². The minimum atomic E-state index is -0.302. The number of likely N-dealkylation sites (N-methyl/N-ethyl adjacent to an activating group) is 1. The van der Waals surface area contributed by atoms with Gasteiger partial charge in [-0.05, 0) is 14.0 Å². The van der Waals surface area contributed by atoms with E-state index in [0.717, 1.165) is 9.35 Å². The molecule has 0 bridgehead atoms. The van der Waals surface area contributed by atoms with Crippen LogP contribution in [0, 0.1) is 6.92 Å². The molecule has 0 radical (unpaired) electrons. The SMILES string of the molecule is CNC(CSc1nnc(C)s1)C(=O)OC. The van der Waals surface area contributed by atoms with Crippen LogP contribution in [0.1, 0.15) is 5.01 Å². The summed E-state index contributed by atoms with van der Waals surface area (Å²) < 4.78 is 5.52. The topological polar surface area (TPSA) is 64.1 Å². The van der Waals surface area contributed by atoms with E-state index in [4.69, 9.17) is 0 Å². The van der Waals surface area contributed by atoms with Crippen molar-refractivity contribution in [3.8, 4) is 0 Å². The van der Waals surface area contributed by atoms with E-state index in [2.05, 4.69) is 20.3 Å². The molecule has 0 aromatic carbocycles. The minimum Gasteiger partial charge on any atom is -0.468 e. The molecule has 1 rings (SSSR count). The van der Waals surface area contributed by atoms with Crippen LogP contribution in [0.2, 0.25) is 0 Å². The van der Waals surface area contributed by atoms with E-state index < -0.39 is 0 Å². The van der Waals surface area contributed by atoms with Gasteiger partial charge in [-0.15, -0.1) is 10.2 Å². The van der Waals surface area contributed by atoms with Gasteiger partial charge in [0.05, 0.1) is 7.11 Å². The van der Waals surface area contributed by atoms with Gasteiger partial charge < -0.3 is 10.1 Å². The fraction of sp³-hybridized carbons (Fsp3) is 0.625. The second-order valence-corrected chi connectivity index (χ2v) is 5.21. The Morgan fingerprint density at radius 3 is 2.87 bits per heavy atom. The summed E-state index contributed by atoms with van der Waals surface area (Å²) in [7, 11) is 3.11. The van der Waals surface area contributed by atoms with Gasteiger partial charge in [0.15, 0.2) is 4.34 Å². The molecule has 0 saturated heterocycles. The van der Waals surface area contributed by atoms with Crippen molar-refractivity contribution >= 4 is 29.1 Å². The summed E-state index contributed by atoms with van der Waals surface area (Å²) in [6.07, 6.45) is 0. The van der Waals surface area contributed by atoms with E-state index in [9.17, 15) is 4.79 Å². The Morgan fingerprint density at radius 1 is 1.67 bits per heavy atom. The molecule has 7 heteroatoms. The lowest BCUT2D eigenvalue weighted by Gasteiger charge is -2.11. The van der Waals surface area contributed by atoms with Crippen LogP contribution >= 0.6 is 23.1 Å². The average molecular weight is 247 g/mol. The molecule has 1 unspecified atom stereocenters. The molecule has 0 aliphatic carbocycles. The number of carbonyl (C=O) groups is 1. The number of nitrogens with zero attached hydrogens (tertiary/aromatic N) is 2. The smallest absolute Gasteiger partial charge is 0.323 e. The van der Waals surface area contributed by atoms with Crippen molar-refractivity contribution in [1.29, 1.82) is 0 Å². The number of aryl methyl sites for hydroxylation is 1. The molecule has 15 heavy (non-hydrogen) atoms. The maximum atomic E-state index is 11.2. The molecule has 1 N–H and O–H groups in total. The first kappa shape index (κ1) is 12.4. The zero-order valence-electron chi connectivity index (χ0n) is 8.81. The number of ether oxygens (including phenoxy) is 1. The first-order valence-corrected chi connectivity index (χ1v) is 6.15. The Kier molecular flexibility index (Phi) is 5.00. The predicted octanol–water partition coefficient (Wildman–Crippen LogP) is 0.700.